The molecule has 0 aromatic heterocycles. The van der Waals surface area contributed by atoms with Gasteiger partial charge in [-0.05, 0) is 38.5 Å². The Balaban J connectivity index is 2.56. The van der Waals surface area contributed by atoms with Gasteiger partial charge in [-0.25, -0.2) is 0 Å². The van der Waals surface area contributed by atoms with Crippen LogP contribution < -0.4 is 0 Å². The number of aliphatic carboxylic acids is 1. The third-order valence-corrected chi connectivity index (χ3v) is 5.22. The maximum atomic E-state index is 10.5. The van der Waals surface area contributed by atoms with E-state index in [4.69, 9.17) is 5.11 Å². The van der Waals surface area contributed by atoms with E-state index in [9.17, 15) is 20.1 Å². The van der Waals surface area contributed by atoms with Crippen LogP contribution in [0.4, 0.5) is 0 Å². The minimum absolute atomic E-state index is 0.0802. The third-order valence-electron chi connectivity index (χ3n) is 5.22. The SMILES string of the molecule is CCCCC[C@@](C)(O)/C=C\[C@@H]1[C@@H](C/C=C\CCCC(=O)O)[C@@H](O)C[C@H]1O. The molecule has 4 N–H and O–H groups in total. The molecule has 5 heteroatoms. The molecular weight excluding hydrogens is 332 g/mol. The van der Waals surface area contributed by atoms with E-state index >= 15 is 0 Å². The van der Waals surface area contributed by atoms with E-state index in [1.165, 1.54) is 0 Å². The first-order valence-electron chi connectivity index (χ1n) is 9.91. The van der Waals surface area contributed by atoms with Gasteiger partial charge in [0.25, 0.3) is 0 Å². The summed E-state index contributed by atoms with van der Waals surface area (Å²) in [6.45, 7) is 3.91. The molecular formula is C21H36O5. The van der Waals surface area contributed by atoms with E-state index in [2.05, 4.69) is 6.92 Å². The number of hydrogen-bond acceptors (Lipinski definition) is 4. The van der Waals surface area contributed by atoms with Crippen molar-refractivity contribution >= 4 is 5.97 Å². The fourth-order valence-corrected chi connectivity index (χ4v) is 3.58. The van der Waals surface area contributed by atoms with Crippen molar-refractivity contribution < 1.29 is 25.2 Å². The average Bonchev–Trinajstić information content (AvgIpc) is 2.82. The van der Waals surface area contributed by atoms with E-state index < -0.39 is 23.8 Å². The van der Waals surface area contributed by atoms with Gasteiger partial charge in [0, 0.05) is 18.8 Å². The Kier molecular flexibility index (Phi) is 10.1. The van der Waals surface area contributed by atoms with Gasteiger partial charge in [-0.15, -0.1) is 0 Å². The van der Waals surface area contributed by atoms with Crippen LogP contribution in [0.1, 0.15) is 71.6 Å². The molecule has 0 aromatic carbocycles. The maximum absolute atomic E-state index is 10.5. The second-order valence-electron chi connectivity index (χ2n) is 7.78. The zero-order valence-electron chi connectivity index (χ0n) is 16.2. The summed E-state index contributed by atoms with van der Waals surface area (Å²) in [6.07, 6.45) is 12.7. The number of hydrogen-bond donors (Lipinski definition) is 4. The smallest absolute Gasteiger partial charge is 0.303 e. The fraction of sp³-hybridized carbons (Fsp3) is 0.762. The summed E-state index contributed by atoms with van der Waals surface area (Å²) < 4.78 is 0. The van der Waals surface area contributed by atoms with Crippen LogP contribution in [0, 0.1) is 11.8 Å². The molecule has 0 radical (unpaired) electrons. The highest BCUT2D eigenvalue weighted by molar-refractivity contribution is 5.66. The van der Waals surface area contributed by atoms with Gasteiger partial charge in [0.05, 0.1) is 17.8 Å². The van der Waals surface area contributed by atoms with Crippen molar-refractivity contribution in [1.29, 1.82) is 0 Å². The van der Waals surface area contributed by atoms with Crippen LogP contribution in [0.2, 0.25) is 0 Å². The fourth-order valence-electron chi connectivity index (χ4n) is 3.58. The van der Waals surface area contributed by atoms with E-state index in [1.54, 1.807) is 13.0 Å². The minimum Gasteiger partial charge on any atom is -0.481 e. The molecule has 0 amide bonds. The summed E-state index contributed by atoms with van der Waals surface area (Å²) in [6, 6.07) is 0. The zero-order valence-corrected chi connectivity index (χ0v) is 16.2. The Morgan fingerprint density at radius 2 is 1.88 bits per heavy atom. The summed E-state index contributed by atoms with van der Waals surface area (Å²) in [5, 5.41) is 39.6. The predicted octanol–water partition coefficient (Wildman–Crippen LogP) is 3.43. The summed E-state index contributed by atoms with van der Waals surface area (Å²) in [4.78, 5) is 10.5. The molecule has 150 valence electrons. The van der Waals surface area contributed by atoms with Crippen LogP contribution in [-0.4, -0.2) is 44.2 Å². The van der Waals surface area contributed by atoms with E-state index in [-0.39, 0.29) is 18.3 Å². The molecule has 0 saturated heterocycles. The summed E-state index contributed by atoms with van der Waals surface area (Å²) in [7, 11) is 0. The van der Waals surface area contributed by atoms with Crippen molar-refractivity contribution in [2.24, 2.45) is 11.8 Å². The topological polar surface area (TPSA) is 98.0 Å². The monoisotopic (exact) mass is 368 g/mol. The number of carboxylic acids is 1. The van der Waals surface area contributed by atoms with Crippen LogP contribution in [0.3, 0.4) is 0 Å². The van der Waals surface area contributed by atoms with Crippen molar-refractivity contribution in [3.8, 4) is 0 Å². The number of unbranched alkanes of at least 4 members (excludes halogenated alkanes) is 3. The molecule has 1 aliphatic carbocycles. The lowest BCUT2D eigenvalue weighted by atomic mass is 9.88. The molecule has 0 unspecified atom stereocenters. The van der Waals surface area contributed by atoms with Gasteiger partial charge >= 0.3 is 5.97 Å². The van der Waals surface area contributed by atoms with Crippen LogP contribution in [-0.2, 0) is 4.79 Å². The van der Waals surface area contributed by atoms with Crippen molar-refractivity contribution in [2.75, 3.05) is 0 Å². The molecule has 0 bridgehead atoms. The highest BCUT2D eigenvalue weighted by Crippen LogP contribution is 2.37. The number of carboxylic acid groups (broad SMARTS) is 1. The number of aliphatic hydroxyl groups excluding tert-OH is 2. The van der Waals surface area contributed by atoms with Gasteiger partial charge in [-0.3, -0.25) is 4.79 Å². The quantitative estimate of drug-likeness (QED) is 0.312. The Bertz CT molecular complexity index is 469. The third kappa shape index (κ3) is 8.47. The summed E-state index contributed by atoms with van der Waals surface area (Å²) in [5.41, 5.74) is -0.889. The second-order valence-corrected chi connectivity index (χ2v) is 7.78. The molecule has 5 nitrogen and oxygen atoms in total. The number of aliphatic hydroxyl groups is 3. The van der Waals surface area contributed by atoms with Crippen LogP contribution in [0.15, 0.2) is 24.3 Å². The van der Waals surface area contributed by atoms with Crippen LogP contribution in [0.25, 0.3) is 0 Å². The molecule has 0 aliphatic heterocycles. The Hall–Kier alpha value is -1.17. The highest BCUT2D eigenvalue weighted by atomic mass is 16.4. The molecule has 0 aromatic rings. The standard InChI is InChI=1S/C21H36O5/c1-3-4-9-13-21(2,26)14-12-17-16(18(22)15-19(17)23)10-7-5-6-8-11-20(24)25/h5,7,12,14,16-19,22-23,26H,3-4,6,8-11,13,15H2,1-2H3,(H,24,25)/b7-5-,14-12-/t16-,17-,18+,19-,21-/m1/s1. The number of allylic oxidation sites excluding steroid dienone is 2. The van der Waals surface area contributed by atoms with Gasteiger partial charge in [-0.2, -0.15) is 0 Å². The maximum Gasteiger partial charge on any atom is 0.303 e. The van der Waals surface area contributed by atoms with Crippen molar-refractivity contribution in [1.82, 2.24) is 0 Å². The molecule has 0 spiro atoms. The van der Waals surface area contributed by atoms with E-state index in [1.807, 2.05) is 18.2 Å². The van der Waals surface area contributed by atoms with Crippen LogP contribution in [0.5, 0.6) is 0 Å². The molecule has 5 atom stereocenters. The average molecular weight is 369 g/mol. The van der Waals surface area contributed by atoms with Gasteiger partial charge < -0.3 is 20.4 Å². The number of carbonyl (C=O) groups is 1. The Morgan fingerprint density at radius 1 is 1.15 bits per heavy atom. The first-order chi connectivity index (χ1) is 12.3. The van der Waals surface area contributed by atoms with Gasteiger partial charge in [0.15, 0.2) is 0 Å². The van der Waals surface area contributed by atoms with Crippen molar-refractivity contribution in [3.05, 3.63) is 24.3 Å². The van der Waals surface area contributed by atoms with E-state index in [0.29, 0.717) is 32.1 Å². The Labute approximate surface area is 157 Å². The van der Waals surface area contributed by atoms with Gasteiger partial charge in [-0.1, -0.05) is 50.5 Å². The molecule has 1 fully saturated rings. The van der Waals surface area contributed by atoms with Crippen LogP contribution >= 0.6 is 0 Å². The molecule has 1 saturated carbocycles. The van der Waals surface area contributed by atoms with Crippen molar-refractivity contribution in [2.45, 2.75) is 89.4 Å². The van der Waals surface area contributed by atoms with E-state index in [0.717, 1.165) is 19.3 Å². The lowest BCUT2D eigenvalue weighted by Crippen LogP contribution is -2.24. The molecule has 1 rings (SSSR count). The highest BCUT2D eigenvalue weighted by Gasteiger charge is 2.39. The van der Waals surface area contributed by atoms with Gasteiger partial charge in [0.1, 0.15) is 0 Å². The summed E-state index contributed by atoms with van der Waals surface area (Å²) >= 11 is 0. The normalized spacial score (nSPS) is 28.8. The minimum atomic E-state index is -0.889. The molecule has 26 heavy (non-hydrogen) atoms. The lowest BCUT2D eigenvalue weighted by molar-refractivity contribution is -0.137. The van der Waals surface area contributed by atoms with Gasteiger partial charge in [0.2, 0.25) is 0 Å². The molecule has 0 heterocycles. The predicted molar refractivity (Wildman–Crippen MR) is 103 cm³/mol. The molecule has 1 aliphatic rings. The first kappa shape index (κ1) is 22.9. The summed E-state index contributed by atoms with van der Waals surface area (Å²) in [5.74, 6) is -1.04. The zero-order chi connectivity index (χ0) is 19.6. The first-order valence-corrected chi connectivity index (χ1v) is 9.91. The number of rotatable bonds is 12. The Morgan fingerprint density at radius 3 is 2.54 bits per heavy atom. The largest absolute Gasteiger partial charge is 0.481 e. The second kappa shape index (κ2) is 11.5. The lowest BCUT2D eigenvalue weighted by Gasteiger charge is -2.23. The van der Waals surface area contributed by atoms with Crippen molar-refractivity contribution in [3.63, 3.8) is 0 Å².